The first-order chi connectivity index (χ1) is 14.8. The Kier molecular flexibility index (Phi) is 7.25. The summed E-state index contributed by atoms with van der Waals surface area (Å²) in [7, 11) is -3.59. The van der Waals surface area contributed by atoms with Gasteiger partial charge < -0.3 is 5.32 Å². The molecular formula is C25H28N2O3S. The average molecular weight is 437 g/mol. The molecule has 0 saturated heterocycles. The smallest absolute Gasteiger partial charge is 0.255 e. The van der Waals surface area contributed by atoms with Crippen molar-refractivity contribution in [2.75, 3.05) is 11.9 Å². The number of amides is 1. The number of hydrogen-bond donors (Lipinski definition) is 1. The molecule has 0 fully saturated rings. The molecule has 0 aliphatic heterocycles. The highest BCUT2D eigenvalue weighted by atomic mass is 32.2. The minimum absolute atomic E-state index is 0.199. The Morgan fingerprint density at radius 2 is 1.42 bits per heavy atom. The minimum Gasteiger partial charge on any atom is -0.322 e. The van der Waals surface area contributed by atoms with Gasteiger partial charge >= 0.3 is 0 Å². The summed E-state index contributed by atoms with van der Waals surface area (Å²) in [6, 6.07) is 21.6. The standard InChI is InChI=1S/C25H28N2O3S/c1-4-20-10-14-23(15-11-20)26-25(28)22-12-8-21(9-13-22)18-27(5-2)31(29,30)24-16-6-19(3)7-17-24/h6-17H,4-5,18H2,1-3H3,(H,26,28). The van der Waals surface area contributed by atoms with E-state index in [-0.39, 0.29) is 17.3 Å². The van der Waals surface area contributed by atoms with Crippen LogP contribution in [-0.2, 0) is 23.0 Å². The minimum atomic E-state index is -3.59. The van der Waals surface area contributed by atoms with E-state index < -0.39 is 10.0 Å². The van der Waals surface area contributed by atoms with Gasteiger partial charge in [0.05, 0.1) is 4.90 Å². The number of benzene rings is 3. The summed E-state index contributed by atoms with van der Waals surface area (Å²) in [5.41, 5.74) is 4.31. The SMILES string of the molecule is CCc1ccc(NC(=O)c2ccc(CN(CC)S(=O)(=O)c3ccc(C)cc3)cc2)cc1. The molecule has 0 saturated carbocycles. The Hall–Kier alpha value is -2.96. The molecule has 0 aliphatic carbocycles. The molecule has 0 aliphatic rings. The van der Waals surface area contributed by atoms with Gasteiger partial charge in [0.1, 0.15) is 0 Å². The lowest BCUT2D eigenvalue weighted by atomic mass is 10.1. The van der Waals surface area contributed by atoms with Gasteiger partial charge in [0, 0.05) is 24.3 Å². The van der Waals surface area contributed by atoms with Crippen LogP contribution in [0, 0.1) is 6.92 Å². The van der Waals surface area contributed by atoms with Crippen molar-refractivity contribution in [3.05, 3.63) is 95.1 Å². The van der Waals surface area contributed by atoms with Crippen molar-refractivity contribution < 1.29 is 13.2 Å². The maximum Gasteiger partial charge on any atom is 0.255 e. The number of carbonyl (C=O) groups excluding carboxylic acids is 1. The zero-order chi connectivity index (χ0) is 22.4. The number of nitrogens with one attached hydrogen (secondary N) is 1. The van der Waals surface area contributed by atoms with E-state index in [1.807, 2.05) is 38.1 Å². The lowest BCUT2D eigenvalue weighted by molar-refractivity contribution is 0.102. The van der Waals surface area contributed by atoms with Crippen molar-refractivity contribution >= 4 is 21.6 Å². The first kappa shape index (κ1) is 22.7. The number of aryl methyl sites for hydroxylation is 2. The van der Waals surface area contributed by atoms with Crippen LogP contribution in [0.1, 0.15) is 40.9 Å². The highest BCUT2D eigenvalue weighted by Crippen LogP contribution is 2.19. The topological polar surface area (TPSA) is 66.5 Å². The van der Waals surface area contributed by atoms with Gasteiger partial charge in [-0.25, -0.2) is 8.42 Å². The van der Waals surface area contributed by atoms with E-state index in [1.165, 1.54) is 9.87 Å². The highest BCUT2D eigenvalue weighted by Gasteiger charge is 2.23. The third kappa shape index (κ3) is 5.60. The molecule has 0 bridgehead atoms. The number of nitrogens with zero attached hydrogens (tertiary/aromatic N) is 1. The monoisotopic (exact) mass is 436 g/mol. The van der Waals surface area contributed by atoms with Crippen molar-refractivity contribution in [2.45, 2.75) is 38.6 Å². The van der Waals surface area contributed by atoms with E-state index in [2.05, 4.69) is 12.2 Å². The summed E-state index contributed by atoms with van der Waals surface area (Å²) in [4.78, 5) is 12.8. The lowest BCUT2D eigenvalue weighted by Gasteiger charge is -2.21. The fraction of sp³-hybridized carbons (Fsp3) is 0.240. The van der Waals surface area contributed by atoms with Crippen molar-refractivity contribution in [1.29, 1.82) is 0 Å². The van der Waals surface area contributed by atoms with Crippen LogP contribution in [-0.4, -0.2) is 25.2 Å². The maximum atomic E-state index is 13.0. The van der Waals surface area contributed by atoms with E-state index in [1.54, 1.807) is 48.5 Å². The molecule has 0 atom stereocenters. The molecule has 6 heteroatoms. The van der Waals surface area contributed by atoms with Gasteiger partial charge in [-0.1, -0.05) is 55.8 Å². The molecule has 0 unspecified atom stereocenters. The molecule has 3 rings (SSSR count). The summed E-state index contributed by atoms with van der Waals surface area (Å²) < 4.78 is 27.4. The second-order valence-electron chi connectivity index (χ2n) is 7.45. The van der Waals surface area contributed by atoms with Gasteiger partial charge in [0.25, 0.3) is 5.91 Å². The Morgan fingerprint density at radius 3 is 1.97 bits per heavy atom. The predicted octanol–water partition coefficient (Wildman–Crippen LogP) is 5.02. The number of hydrogen-bond acceptors (Lipinski definition) is 3. The fourth-order valence-electron chi connectivity index (χ4n) is 3.22. The molecular weight excluding hydrogens is 408 g/mol. The number of carbonyl (C=O) groups is 1. The summed E-state index contributed by atoms with van der Waals surface area (Å²) in [5, 5.41) is 2.89. The van der Waals surface area contributed by atoms with Crippen LogP contribution in [0.15, 0.2) is 77.7 Å². The number of sulfonamides is 1. The molecule has 0 aromatic heterocycles. The maximum absolute atomic E-state index is 13.0. The molecule has 31 heavy (non-hydrogen) atoms. The fourth-order valence-corrected chi connectivity index (χ4v) is 4.66. The molecule has 0 spiro atoms. The third-order valence-corrected chi connectivity index (χ3v) is 7.14. The lowest BCUT2D eigenvalue weighted by Crippen LogP contribution is -2.30. The molecule has 5 nitrogen and oxygen atoms in total. The van der Waals surface area contributed by atoms with Crippen LogP contribution in [0.25, 0.3) is 0 Å². The largest absolute Gasteiger partial charge is 0.322 e. The van der Waals surface area contributed by atoms with E-state index in [4.69, 9.17) is 0 Å². The summed E-state index contributed by atoms with van der Waals surface area (Å²) in [5.74, 6) is -0.199. The van der Waals surface area contributed by atoms with Crippen LogP contribution in [0.3, 0.4) is 0 Å². The van der Waals surface area contributed by atoms with E-state index in [9.17, 15) is 13.2 Å². The van der Waals surface area contributed by atoms with Crippen molar-refractivity contribution in [3.63, 3.8) is 0 Å². The van der Waals surface area contributed by atoms with Gasteiger partial charge in [0.15, 0.2) is 0 Å². The van der Waals surface area contributed by atoms with Crippen molar-refractivity contribution in [1.82, 2.24) is 4.31 Å². The quantitative estimate of drug-likeness (QED) is 0.539. The Labute approximate surface area is 184 Å². The average Bonchev–Trinajstić information content (AvgIpc) is 2.78. The second-order valence-corrected chi connectivity index (χ2v) is 9.38. The Balaban J connectivity index is 1.69. The highest BCUT2D eigenvalue weighted by molar-refractivity contribution is 7.89. The van der Waals surface area contributed by atoms with Crippen LogP contribution in [0.4, 0.5) is 5.69 Å². The molecule has 3 aromatic rings. The Morgan fingerprint density at radius 1 is 0.839 bits per heavy atom. The Bertz CT molecular complexity index is 1120. The van der Waals surface area contributed by atoms with Gasteiger partial charge in [0.2, 0.25) is 10.0 Å². The van der Waals surface area contributed by atoms with Crippen LogP contribution in [0.2, 0.25) is 0 Å². The van der Waals surface area contributed by atoms with Gasteiger partial charge in [-0.2, -0.15) is 4.31 Å². The molecule has 3 aromatic carbocycles. The van der Waals surface area contributed by atoms with Crippen LogP contribution in [0.5, 0.6) is 0 Å². The number of rotatable bonds is 8. The molecule has 0 heterocycles. The van der Waals surface area contributed by atoms with E-state index >= 15 is 0 Å². The normalized spacial score (nSPS) is 11.5. The summed E-state index contributed by atoms with van der Waals surface area (Å²) in [6.07, 6.45) is 0.949. The third-order valence-electron chi connectivity index (χ3n) is 5.21. The summed E-state index contributed by atoms with van der Waals surface area (Å²) >= 11 is 0. The molecule has 162 valence electrons. The molecule has 1 N–H and O–H groups in total. The number of anilines is 1. The second kappa shape index (κ2) is 9.90. The van der Waals surface area contributed by atoms with Gasteiger partial charge in [-0.3, -0.25) is 4.79 Å². The first-order valence-corrected chi connectivity index (χ1v) is 11.8. The predicted molar refractivity (Wildman–Crippen MR) is 125 cm³/mol. The first-order valence-electron chi connectivity index (χ1n) is 10.4. The van der Waals surface area contributed by atoms with Crippen molar-refractivity contribution in [2.24, 2.45) is 0 Å². The summed E-state index contributed by atoms with van der Waals surface area (Å²) in [6.45, 7) is 6.42. The van der Waals surface area contributed by atoms with E-state index in [0.717, 1.165) is 23.2 Å². The van der Waals surface area contributed by atoms with Crippen molar-refractivity contribution in [3.8, 4) is 0 Å². The van der Waals surface area contributed by atoms with Gasteiger partial charge in [-0.15, -0.1) is 0 Å². The molecule has 1 amide bonds. The van der Waals surface area contributed by atoms with Crippen LogP contribution < -0.4 is 5.32 Å². The van der Waals surface area contributed by atoms with Crippen LogP contribution >= 0.6 is 0 Å². The molecule has 0 radical (unpaired) electrons. The zero-order valence-electron chi connectivity index (χ0n) is 18.1. The zero-order valence-corrected chi connectivity index (χ0v) is 18.9. The van der Waals surface area contributed by atoms with E-state index in [0.29, 0.717) is 12.1 Å². The van der Waals surface area contributed by atoms with Gasteiger partial charge in [-0.05, 0) is 60.9 Å².